The Bertz CT molecular complexity index is 567. The van der Waals surface area contributed by atoms with E-state index in [2.05, 4.69) is 17.1 Å². The quantitative estimate of drug-likeness (QED) is 0.760. The number of hydrogen-bond donors (Lipinski definition) is 0. The van der Waals surface area contributed by atoms with Gasteiger partial charge >= 0.3 is 0 Å². The number of thioether (sulfide) groups is 1. The monoisotopic (exact) mass is 259 g/mol. The first-order valence-corrected chi connectivity index (χ1v) is 6.59. The Morgan fingerprint density at radius 2 is 1.94 bits per heavy atom. The highest BCUT2D eigenvalue weighted by Gasteiger charge is 2.19. The molecule has 1 nitrogen and oxygen atoms in total. The van der Waals surface area contributed by atoms with Crippen LogP contribution in [0, 0.1) is 0 Å². The van der Waals surface area contributed by atoms with Gasteiger partial charge in [-0.1, -0.05) is 41.6 Å². The lowest BCUT2D eigenvalue weighted by Crippen LogP contribution is -1.91. The zero-order valence-corrected chi connectivity index (χ0v) is 10.6. The van der Waals surface area contributed by atoms with Gasteiger partial charge in [0.25, 0.3) is 0 Å². The summed E-state index contributed by atoms with van der Waals surface area (Å²) in [6.45, 7) is 0. The Morgan fingerprint density at radius 1 is 1.12 bits per heavy atom. The van der Waals surface area contributed by atoms with Crippen molar-refractivity contribution >= 4 is 29.6 Å². The second kappa shape index (κ2) is 4.55. The molecule has 17 heavy (non-hydrogen) atoms. The zero-order chi connectivity index (χ0) is 11.7. The van der Waals surface area contributed by atoms with Crippen LogP contribution in [0.5, 0.6) is 0 Å². The molecular weight excluding hydrogens is 250 g/mol. The molecule has 3 heteroatoms. The van der Waals surface area contributed by atoms with Crippen molar-refractivity contribution < 1.29 is 0 Å². The van der Waals surface area contributed by atoms with E-state index in [4.69, 9.17) is 11.6 Å². The lowest BCUT2D eigenvalue weighted by atomic mass is 10.1. The molecule has 0 unspecified atom stereocenters. The van der Waals surface area contributed by atoms with Crippen molar-refractivity contribution in [3.63, 3.8) is 0 Å². The number of halogens is 1. The molecule has 0 saturated heterocycles. The molecule has 84 valence electrons. The molecule has 0 N–H and O–H groups in total. The van der Waals surface area contributed by atoms with Crippen molar-refractivity contribution in [1.29, 1.82) is 0 Å². The van der Waals surface area contributed by atoms with Crippen LogP contribution >= 0.6 is 23.4 Å². The van der Waals surface area contributed by atoms with Crippen LogP contribution in [0.15, 0.2) is 73.6 Å². The van der Waals surface area contributed by atoms with E-state index in [-0.39, 0.29) is 0 Å². The molecule has 0 aromatic heterocycles. The summed E-state index contributed by atoms with van der Waals surface area (Å²) < 4.78 is 0. The van der Waals surface area contributed by atoms with E-state index >= 15 is 0 Å². The number of hydrogen-bond acceptors (Lipinski definition) is 2. The molecular formula is C14H10ClNS. The fourth-order valence-electron chi connectivity index (χ4n) is 1.83. The van der Waals surface area contributed by atoms with Crippen molar-refractivity contribution in [3.8, 4) is 0 Å². The molecule has 3 rings (SSSR count). The van der Waals surface area contributed by atoms with Gasteiger partial charge in [0.2, 0.25) is 0 Å². The maximum Gasteiger partial charge on any atom is 0.0678 e. The average Bonchev–Trinajstić information content (AvgIpc) is 2.73. The molecule has 0 amide bonds. The summed E-state index contributed by atoms with van der Waals surface area (Å²) in [6.07, 6.45) is 6.63. The van der Waals surface area contributed by atoms with Crippen LogP contribution in [0.4, 0.5) is 0 Å². The van der Waals surface area contributed by atoms with Crippen molar-refractivity contribution in [2.75, 3.05) is 0 Å². The van der Waals surface area contributed by atoms with Crippen LogP contribution in [-0.4, -0.2) is 6.21 Å². The maximum atomic E-state index is 6.07. The summed E-state index contributed by atoms with van der Waals surface area (Å²) in [6, 6.07) is 10.3. The number of fused-ring (bicyclic) bond motifs is 1. The van der Waals surface area contributed by atoms with Gasteiger partial charge in [0.1, 0.15) is 0 Å². The summed E-state index contributed by atoms with van der Waals surface area (Å²) in [5, 5.41) is 0.875. The van der Waals surface area contributed by atoms with Crippen molar-refractivity contribution in [1.82, 2.24) is 0 Å². The van der Waals surface area contributed by atoms with E-state index in [0.717, 1.165) is 17.2 Å². The van der Waals surface area contributed by atoms with Gasteiger partial charge in [-0.2, -0.15) is 0 Å². The number of nitrogens with zero attached hydrogens (tertiary/aromatic N) is 1. The van der Waals surface area contributed by atoms with Crippen LogP contribution in [0.2, 0.25) is 0 Å². The summed E-state index contributed by atoms with van der Waals surface area (Å²) in [4.78, 5) is 6.84. The molecule has 1 aromatic carbocycles. The van der Waals surface area contributed by atoms with Gasteiger partial charge in [0.05, 0.1) is 5.70 Å². The van der Waals surface area contributed by atoms with Crippen LogP contribution < -0.4 is 0 Å². The largest absolute Gasteiger partial charge is 0.255 e. The third-order valence-corrected chi connectivity index (χ3v) is 4.01. The van der Waals surface area contributed by atoms with Gasteiger partial charge in [-0.05, 0) is 29.9 Å². The van der Waals surface area contributed by atoms with Gasteiger partial charge in [-0.25, -0.2) is 0 Å². The first-order chi connectivity index (χ1) is 8.33. The normalized spacial score (nSPS) is 17.9. The minimum atomic E-state index is 0.794. The first-order valence-electron chi connectivity index (χ1n) is 5.40. The average molecular weight is 260 g/mol. The highest BCUT2D eigenvalue weighted by Crippen LogP contribution is 2.39. The van der Waals surface area contributed by atoms with Crippen LogP contribution in [0.25, 0.3) is 0 Å². The van der Waals surface area contributed by atoms with E-state index in [9.17, 15) is 0 Å². The van der Waals surface area contributed by atoms with Crippen LogP contribution in [-0.2, 0) is 0 Å². The second-order valence-corrected chi connectivity index (χ2v) is 5.46. The van der Waals surface area contributed by atoms with E-state index in [1.807, 2.05) is 36.6 Å². The van der Waals surface area contributed by atoms with Gasteiger partial charge < -0.3 is 0 Å². The van der Waals surface area contributed by atoms with Crippen molar-refractivity contribution in [2.45, 2.75) is 11.3 Å². The molecule has 0 bridgehead atoms. The predicted molar refractivity (Wildman–Crippen MR) is 74.5 cm³/mol. The molecule has 1 heterocycles. The zero-order valence-electron chi connectivity index (χ0n) is 9.06. The van der Waals surface area contributed by atoms with Gasteiger partial charge in [-0.15, -0.1) is 0 Å². The SMILES string of the molecule is ClC1=CC=C2N=CC(Sc3ccccc3)=C2C1. The molecule has 0 atom stereocenters. The Balaban J connectivity index is 1.90. The van der Waals surface area contributed by atoms with E-state index < -0.39 is 0 Å². The maximum absolute atomic E-state index is 6.07. The fourth-order valence-corrected chi connectivity index (χ4v) is 2.98. The smallest absolute Gasteiger partial charge is 0.0678 e. The lowest BCUT2D eigenvalue weighted by Gasteiger charge is -2.10. The number of aliphatic imine (C=N–C) groups is 1. The van der Waals surface area contributed by atoms with Crippen molar-refractivity contribution in [3.05, 3.63) is 63.7 Å². The number of allylic oxidation sites excluding steroid dienone is 5. The standard InChI is InChI=1S/C14H10ClNS/c15-10-6-7-13-12(8-10)14(9-16-13)17-11-4-2-1-3-5-11/h1-7,9H,8H2. The number of rotatable bonds is 2. The minimum Gasteiger partial charge on any atom is -0.255 e. The molecule has 1 aromatic rings. The molecule has 0 fully saturated rings. The lowest BCUT2D eigenvalue weighted by molar-refractivity contribution is 1.16. The second-order valence-electron chi connectivity index (χ2n) is 3.86. The highest BCUT2D eigenvalue weighted by atomic mass is 35.5. The first kappa shape index (κ1) is 10.9. The summed E-state index contributed by atoms with van der Waals surface area (Å²) in [5.74, 6) is 0. The summed E-state index contributed by atoms with van der Waals surface area (Å²) in [7, 11) is 0. The Hall–Kier alpha value is -1.25. The fraction of sp³-hybridized carbons (Fsp3) is 0.0714. The van der Waals surface area contributed by atoms with Crippen LogP contribution in [0.3, 0.4) is 0 Å². The summed E-state index contributed by atoms with van der Waals surface area (Å²) in [5.41, 5.74) is 2.29. The highest BCUT2D eigenvalue weighted by molar-refractivity contribution is 8.04. The molecule has 2 aliphatic rings. The molecule has 1 aliphatic carbocycles. The van der Waals surface area contributed by atoms with Gasteiger partial charge in [0, 0.05) is 27.5 Å². The molecule has 0 saturated carbocycles. The Morgan fingerprint density at radius 3 is 2.76 bits per heavy atom. The third kappa shape index (κ3) is 2.24. The summed E-state index contributed by atoms with van der Waals surface area (Å²) >= 11 is 7.81. The van der Waals surface area contributed by atoms with Gasteiger partial charge in [0.15, 0.2) is 0 Å². The van der Waals surface area contributed by atoms with Gasteiger partial charge in [-0.3, -0.25) is 4.99 Å². The Kier molecular flexibility index (Phi) is 2.91. The van der Waals surface area contributed by atoms with Crippen LogP contribution in [0.1, 0.15) is 6.42 Å². The minimum absolute atomic E-state index is 0.794. The van der Waals surface area contributed by atoms with E-state index in [1.165, 1.54) is 15.4 Å². The molecule has 1 aliphatic heterocycles. The van der Waals surface area contributed by atoms with E-state index in [1.54, 1.807) is 11.8 Å². The molecule has 0 radical (unpaired) electrons. The third-order valence-electron chi connectivity index (χ3n) is 2.67. The van der Waals surface area contributed by atoms with E-state index in [0.29, 0.717) is 0 Å². The number of benzene rings is 1. The molecule has 0 spiro atoms. The predicted octanol–water partition coefficient (Wildman–Crippen LogP) is 4.53. The van der Waals surface area contributed by atoms with Crippen molar-refractivity contribution in [2.24, 2.45) is 4.99 Å². The Labute approximate surface area is 110 Å². The topological polar surface area (TPSA) is 12.4 Å².